The third-order valence-corrected chi connectivity index (χ3v) is 4.12. The van der Waals surface area contributed by atoms with Crippen LogP contribution in [0.3, 0.4) is 0 Å². The number of aliphatic hydroxyl groups is 1. The van der Waals surface area contributed by atoms with Crippen LogP contribution in [0.15, 0.2) is 6.20 Å². The monoisotopic (exact) mass is 217 g/mol. The minimum absolute atomic E-state index is 0.101. The first kappa shape index (κ1) is 9.60. The first-order chi connectivity index (χ1) is 6.62. The predicted molar refractivity (Wildman–Crippen MR) is 48.3 cm³/mol. The molecular formula is C7H11N3O3S. The van der Waals surface area contributed by atoms with Gasteiger partial charge in [-0.05, 0) is 6.42 Å². The van der Waals surface area contributed by atoms with E-state index in [0.29, 0.717) is 12.1 Å². The van der Waals surface area contributed by atoms with Crippen molar-refractivity contribution in [3.63, 3.8) is 0 Å². The average Bonchev–Trinajstić information content (AvgIpc) is 2.70. The Morgan fingerprint density at radius 2 is 2.43 bits per heavy atom. The number of aliphatic hydroxyl groups excluding tert-OH is 1. The van der Waals surface area contributed by atoms with Gasteiger partial charge in [0.15, 0.2) is 9.84 Å². The summed E-state index contributed by atoms with van der Waals surface area (Å²) >= 11 is 0. The maximum absolute atomic E-state index is 11.2. The van der Waals surface area contributed by atoms with E-state index in [1.807, 2.05) is 0 Å². The van der Waals surface area contributed by atoms with Crippen LogP contribution in [0.2, 0.25) is 0 Å². The normalized spacial score (nSPS) is 25.4. The lowest BCUT2D eigenvalue weighted by molar-refractivity contribution is 0.263. The second-order valence-corrected chi connectivity index (χ2v) is 5.61. The summed E-state index contributed by atoms with van der Waals surface area (Å²) in [7, 11) is -2.92. The Balaban J connectivity index is 2.25. The van der Waals surface area contributed by atoms with Crippen molar-refractivity contribution in [3.8, 4) is 0 Å². The summed E-state index contributed by atoms with van der Waals surface area (Å²) < 4.78 is 23.9. The number of hydrogen-bond acceptors (Lipinski definition) is 5. The van der Waals surface area contributed by atoms with E-state index in [9.17, 15) is 8.42 Å². The molecule has 1 atom stereocenters. The van der Waals surface area contributed by atoms with Gasteiger partial charge in [-0.1, -0.05) is 5.21 Å². The number of aromatic nitrogens is 3. The molecule has 1 aromatic heterocycles. The zero-order valence-corrected chi connectivity index (χ0v) is 8.31. The topological polar surface area (TPSA) is 85.1 Å². The highest BCUT2D eigenvalue weighted by Gasteiger charge is 2.30. The molecule has 14 heavy (non-hydrogen) atoms. The van der Waals surface area contributed by atoms with E-state index < -0.39 is 9.84 Å². The molecule has 2 heterocycles. The predicted octanol–water partition coefficient (Wildman–Crippen LogP) is -0.870. The van der Waals surface area contributed by atoms with E-state index >= 15 is 0 Å². The van der Waals surface area contributed by atoms with Crippen LogP contribution in [0.4, 0.5) is 0 Å². The highest BCUT2D eigenvalue weighted by atomic mass is 32.2. The molecular weight excluding hydrogens is 206 g/mol. The van der Waals surface area contributed by atoms with Crippen LogP contribution < -0.4 is 0 Å². The van der Waals surface area contributed by atoms with Crippen molar-refractivity contribution in [2.24, 2.45) is 0 Å². The van der Waals surface area contributed by atoms with Crippen molar-refractivity contribution >= 4 is 9.84 Å². The highest BCUT2D eigenvalue weighted by Crippen LogP contribution is 2.23. The molecule has 1 fully saturated rings. The van der Waals surface area contributed by atoms with Gasteiger partial charge in [0.05, 0.1) is 36.0 Å². The van der Waals surface area contributed by atoms with Crippen LogP contribution in [0.1, 0.15) is 18.2 Å². The van der Waals surface area contributed by atoms with Crippen molar-refractivity contribution in [2.75, 3.05) is 11.5 Å². The number of sulfone groups is 1. The fraction of sp³-hybridized carbons (Fsp3) is 0.714. The van der Waals surface area contributed by atoms with Gasteiger partial charge in [0.2, 0.25) is 0 Å². The summed E-state index contributed by atoms with van der Waals surface area (Å²) in [5.41, 5.74) is 0.562. The van der Waals surface area contributed by atoms with Crippen molar-refractivity contribution < 1.29 is 13.5 Å². The van der Waals surface area contributed by atoms with Gasteiger partial charge >= 0.3 is 0 Å². The van der Waals surface area contributed by atoms with E-state index in [2.05, 4.69) is 10.3 Å². The minimum Gasteiger partial charge on any atom is -0.390 e. The molecule has 1 saturated heterocycles. The van der Waals surface area contributed by atoms with Gasteiger partial charge in [0.1, 0.15) is 0 Å². The molecule has 0 amide bonds. The zero-order chi connectivity index (χ0) is 10.2. The second kappa shape index (κ2) is 3.32. The molecule has 1 aliphatic rings. The molecule has 0 radical (unpaired) electrons. The molecule has 0 aliphatic carbocycles. The lowest BCUT2D eigenvalue weighted by Gasteiger charge is -2.09. The van der Waals surface area contributed by atoms with Crippen LogP contribution in [0, 0.1) is 0 Å². The van der Waals surface area contributed by atoms with Gasteiger partial charge in [-0.25, -0.2) is 13.1 Å². The molecule has 1 aromatic rings. The van der Waals surface area contributed by atoms with Crippen molar-refractivity contribution in [2.45, 2.75) is 19.1 Å². The SMILES string of the molecule is O=S1(=O)CCC(n2nncc2CO)C1. The smallest absolute Gasteiger partial charge is 0.152 e. The number of hydrogen-bond donors (Lipinski definition) is 1. The Morgan fingerprint density at radius 1 is 1.64 bits per heavy atom. The molecule has 0 aromatic carbocycles. The van der Waals surface area contributed by atoms with Gasteiger partial charge in [-0.3, -0.25) is 0 Å². The van der Waals surface area contributed by atoms with Crippen LogP contribution in [-0.4, -0.2) is 40.0 Å². The minimum atomic E-state index is -2.92. The second-order valence-electron chi connectivity index (χ2n) is 3.38. The van der Waals surface area contributed by atoms with E-state index in [1.54, 1.807) is 0 Å². The summed E-state index contributed by atoms with van der Waals surface area (Å²) in [5, 5.41) is 16.4. The van der Waals surface area contributed by atoms with Crippen LogP contribution in [-0.2, 0) is 16.4 Å². The van der Waals surface area contributed by atoms with E-state index in [-0.39, 0.29) is 24.2 Å². The van der Waals surface area contributed by atoms with Crippen LogP contribution in [0.25, 0.3) is 0 Å². The van der Waals surface area contributed by atoms with Gasteiger partial charge < -0.3 is 5.11 Å². The average molecular weight is 217 g/mol. The zero-order valence-electron chi connectivity index (χ0n) is 7.50. The highest BCUT2D eigenvalue weighted by molar-refractivity contribution is 7.91. The lowest BCUT2D eigenvalue weighted by atomic mass is 10.2. The fourth-order valence-electron chi connectivity index (χ4n) is 1.65. The fourth-order valence-corrected chi connectivity index (χ4v) is 3.35. The quantitative estimate of drug-likeness (QED) is 0.696. The Hall–Kier alpha value is -0.950. The Bertz CT molecular complexity index is 425. The molecule has 1 aliphatic heterocycles. The summed E-state index contributed by atoms with van der Waals surface area (Å²) in [6, 6.07) is -0.162. The summed E-state index contributed by atoms with van der Waals surface area (Å²) in [5.74, 6) is 0.297. The van der Waals surface area contributed by atoms with E-state index in [4.69, 9.17) is 5.11 Å². The van der Waals surface area contributed by atoms with Gasteiger partial charge in [0, 0.05) is 0 Å². The van der Waals surface area contributed by atoms with E-state index in [0.717, 1.165) is 0 Å². The van der Waals surface area contributed by atoms with Crippen molar-refractivity contribution in [1.29, 1.82) is 0 Å². The van der Waals surface area contributed by atoms with Crippen molar-refractivity contribution in [1.82, 2.24) is 15.0 Å². The third-order valence-electron chi connectivity index (χ3n) is 2.37. The van der Waals surface area contributed by atoms with Crippen LogP contribution >= 0.6 is 0 Å². The van der Waals surface area contributed by atoms with Gasteiger partial charge in [0.25, 0.3) is 0 Å². The van der Waals surface area contributed by atoms with Gasteiger partial charge in [-0.15, -0.1) is 5.10 Å². The summed E-state index contributed by atoms with van der Waals surface area (Å²) in [4.78, 5) is 0. The molecule has 78 valence electrons. The molecule has 0 spiro atoms. The first-order valence-electron chi connectivity index (χ1n) is 4.33. The largest absolute Gasteiger partial charge is 0.390 e. The Morgan fingerprint density at radius 3 is 3.00 bits per heavy atom. The lowest BCUT2D eigenvalue weighted by Crippen LogP contribution is -2.15. The number of rotatable bonds is 2. The molecule has 6 nitrogen and oxygen atoms in total. The van der Waals surface area contributed by atoms with Crippen LogP contribution in [0.5, 0.6) is 0 Å². The molecule has 0 saturated carbocycles. The summed E-state index contributed by atoms with van der Waals surface area (Å²) in [6.45, 7) is -0.163. The molecule has 1 unspecified atom stereocenters. The maximum atomic E-state index is 11.2. The summed E-state index contributed by atoms with van der Waals surface area (Å²) in [6.07, 6.45) is 2.00. The third kappa shape index (κ3) is 1.64. The number of nitrogens with zero attached hydrogens (tertiary/aromatic N) is 3. The van der Waals surface area contributed by atoms with Gasteiger partial charge in [-0.2, -0.15) is 0 Å². The van der Waals surface area contributed by atoms with Crippen molar-refractivity contribution in [3.05, 3.63) is 11.9 Å². The Labute approximate surface area is 81.5 Å². The first-order valence-corrected chi connectivity index (χ1v) is 6.15. The Kier molecular flexibility index (Phi) is 2.28. The molecule has 7 heteroatoms. The molecule has 0 bridgehead atoms. The van der Waals surface area contributed by atoms with E-state index in [1.165, 1.54) is 10.9 Å². The molecule has 1 N–H and O–H groups in total. The standard InChI is InChI=1S/C7H11N3O3S/c11-4-7-3-8-9-10(7)6-1-2-14(12,13)5-6/h3,6,11H,1-2,4-5H2. The maximum Gasteiger partial charge on any atom is 0.152 e. The molecule has 2 rings (SSSR count).